The highest BCUT2D eigenvalue weighted by Gasteiger charge is 2.25. The van der Waals surface area contributed by atoms with E-state index in [1.807, 2.05) is 24.8 Å². The Labute approximate surface area is 238 Å². The van der Waals surface area contributed by atoms with Crippen molar-refractivity contribution in [1.29, 1.82) is 0 Å². The van der Waals surface area contributed by atoms with Crippen LogP contribution in [0.5, 0.6) is 0 Å². The number of anilines is 1. The van der Waals surface area contributed by atoms with Gasteiger partial charge in [0.25, 0.3) is 0 Å². The number of hydrogen-bond acceptors (Lipinski definition) is 8. The van der Waals surface area contributed by atoms with Crippen molar-refractivity contribution >= 4 is 30.2 Å². The first-order chi connectivity index (χ1) is 19.1. The lowest BCUT2D eigenvalue weighted by Crippen LogP contribution is -2.51. The van der Waals surface area contributed by atoms with Gasteiger partial charge < -0.3 is 43.4 Å². The number of piperazine rings is 1. The first-order valence-electron chi connectivity index (χ1n) is 13.3. The molecule has 1 heterocycles. The van der Waals surface area contributed by atoms with Gasteiger partial charge in [-0.05, 0) is 63.9 Å². The fourth-order valence-electron chi connectivity index (χ4n) is 3.79. The van der Waals surface area contributed by atoms with Gasteiger partial charge in [-0.15, -0.1) is 0 Å². The van der Waals surface area contributed by atoms with Gasteiger partial charge in [-0.25, -0.2) is 4.99 Å². The van der Waals surface area contributed by atoms with E-state index < -0.39 is 5.54 Å². The number of primary amides is 1. The minimum atomic E-state index is -0.506. The molecule has 0 aromatic heterocycles. The summed E-state index contributed by atoms with van der Waals surface area (Å²) in [7, 11) is 0. The summed E-state index contributed by atoms with van der Waals surface area (Å²) in [4.78, 5) is 33.4. The van der Waals surface area contributed by atoms with Crippen LogP contribution in [0.1, 0.15) is 45.6 Å². The number of carbonyl (C=O) groups is 2. The molecule has 220 valence electrons. The monoisotopic (exact) mass is 554 g/mol. The summed E-state index contributed by atoms with van der Waals surface area (Å²) in [5.74, 6) is 3.92. The van der Waals surface area contributed by atoms with Gasteiger partial charge in [0.1, 0.15) is 5.82 Å². The highest BCUT2D eigenvalue weighted by molar-refractivity contribution is 5.77. The van der Waals surface area contributed by atoms with E-state index in [9.17, 15) is 4.79 Å². The Morgan fingerprint density at radius 1 is 1.10 bits per heavy atom. The van der Waals surface area contributed by atoms with E-state index in [0.29, 0.717) is 39.1 Å². The van der Waals surface area contributed by atoms with Gasteiger partial charge in [-0.1, -0.05) is 18.1 Å². The second kappa shape index (κ2) is 19.1. The molecule has 0 bridgehead atoms. The van der Waals surface area contributed by atoms with E-state index in [0.717, 1.165) is 37.4 Å². The lowest BCUT2D eigenvalue weighted by Gasteiger charge is -2.38. The zero-order chi connectivity index (χ0) is 29.8. The number of nitrogens with zero attached hydrogens (tertiary/aromatic N) is 4. The van der Waals surface area contributed by atoms with E-state index in [1.54, 1.807) is 13.1 Å². The molecule has 2 amide bonds. The Morgan fingerprint density at radius 3 is 2.30 bits per heavy atom. The Bertz CT molecular complexity index is 1040. The maximum absolute atomic E-state index is 12.6. The van der Waals surface area contributed by atoms with Crippen molar-refractivity contribution in [3.63, 3.8) is 0 Å². The minimum Gasteiger partial charge on any atom is -0.372 e. The molecule has 12 heteroatoms. The first-order valence-corrected chi connectivity index (χ1v) is 13.3. The third kappa shape index (κ3) is 15.4. The SMILES string of the molecule is CC#CN=C/C=C(\Nc1ccc(CNCCCCN=C(N)N)cc1)N1CCN(C(=O)CC(C)(C)N)CC1.NC=O. The lowest BCUT2D eigenvalue weighted by atomic mass is 10.0. The number of carbonyl (C=O) groups excluding carboxylic acids is 2. The van der Waals surface area contributed by atoms with Gasteiger partial charge in [-0.3, -0.25) is 14.6 Å². The predicted molar refractivity (Wildman–Crippen MR) is 163 cm³/mol. The molecular weight excluding hydrogens is 508 g/mol. The lowest BCUT2D eigenvalue weighted by molar-refractivity contribution is -0.133. The van der Waals surface area contributed by atoms with Crippen molar-refractivity contribution < 1.29 is 9.59 Å². The van der Waals surface area contributed by atoms with Crippen molar-refractivity contribution in [2.75, 3.05) is 44.6 Å². The Morgan fingerprint density at radius 2 is 1.73 bits per heavy atom. The molecule has 0 atom stereocenters. The first kappa shape index (κ1) is 33.9. The zero-order valence-electron chi connectivity index (χ0n) is 24.0. The van der Waals surface area contributed by atoms with Crippen LogP contribution < -0.4 is 33.6 Å². The maximum atomic E-state index is 12.6. The third-order valence-corrected chi connectivity index (χ3v) is 5.67. The van der Waals surface area contributed by atoms with Crippen LogP contribution in [-0.4, -0.2) is 79.1 Å². The molecule has 1 aliphatic heterocycles. The van der Waals surface area contributed by atoms with E-state index >= 15 is 0 Å². The van der Waals surface area contributed by atoms with Crippen LogP contribution in [0, 0.1) is 12.0 Å². The third-order valence-electron chi connectivity index (χ3n) is 5.67. The smallest absolute Gasteiger partial charge is 0.224 e. The van der Waals surface area contributed by atoms with Gasteiger partial charge in [-0.2, -0.15) is 0 Å². The van der Waals surface area contributed by atoms with Gasteiger partial charge >= 0.3 is 0 Å². The van der Waals surface area contributed by atoms with Crippen LogP contribution >= 0.6 is 0 Å². The summed E-state index contributed by atoms with van der Waals surface area (Å²) in [5, 5.41) is 6.95. The van der Waals surface area contributed by atoms with Crippen LogP contribution in [0.3, 0.4) is 0 Å². The second-order valence-corrected chi connectivity index (χ2v) is 9.87. The maximum Gasteiger partial charge on any atom is 0.224 e. The zero-order valence-corrected chi connectivity index (χ0v) is 24.0. The Kier molecular flexibility index (Phi) is 16.2. The summed E-state index contributed by atoms with van der Waals surface area (Å²) in [6.07, 6.45) is 6.16. The van der Waals surface area contributed by atoms with Crippen molar-refractivity contribution in [2.24, 2.45) is 32.9 Å². The van der Waals surface area contributed by atoms with Crippen molar-refractivity contribution in [1.82, 2.24) is 15.1 Å². The van der Waals surface area contributed by atoms with E-state index in [1.165, 1.54) is 5.56 Å². The van der Waals surface area contributed by atoms with Crippen LogP contribution in [0.15, 0.2) is 46.1 Å². The standard InChI is InChI=1S/C27H43N9O.CH3NO/c1-4-12-31-15-11-24(35-16-18-36(19-17-35)25(37)20-27(2,3)30)34-23-9-7-22(8-10-23)21-32-13-5-6-14-33-26(28)29;2-1-3/h7-11,15,32,34H,5-6,13-14,16-21,30H2,1-3H3,(H4,28,29,33);1H,(H2,2,3)/b24-11+,31-15?;. The quantitative estimate of drug-likeness (QED) is 0.0667. The number of benzene rings is 1. The number of hydrogen-bond donors (Lipinski definition) is 6. The highest BCUT2D eigenvalue weighted by Crippen LogP contribution is 2.17. The van der Waals surface area contributed by atoms with Gasteiger partial charge in [0.2, 0.25) is 12.3 Å². The minimum absolute atomic E-state index is 0.100. The van der Waals surface area contributed by atoms with Gasteiger partial charge in [0, 0.05) is 69.2 Å². The number of amides is 2. The van der Waals surface area contributed by atoms with Crippen molar-refractivity contribution in [2.45, 2.75) is 52.1 Å². The molecule has 1 aromatic carbocycles. The van der Waals surface area contributed by atoms with E-state index in [-0.39, 0.29) is 18.3 Å². The molecule has 0 radical (unpaired) electrons. The number of aliphatic imine (C=N–C) groups is 2. The fraction of sp³-hybridized carbons (Fsp3) is 0.500. The number of rotatable bonds is 13. The molecule has 10 N–H and O–H groups in total. The van der Waals surface area contributed by atoms with Gasteiger partial charge in [0.15, 0.2) is 5.96 Å². The largest absolute Gasteiger partial charge is 0.372 e. The average Bonchev–Trinajstić information content (AvgIpc) is 2.90. The molecule has 1 aromatic rings. The number of nitrogens with two attached hydrogens (primary N) is 4. The molecule has 1 aliphatic rings. The molecule has 0 unspecified atom stereocenters. The number of allylic oxidation sites excluding steroid dienone is 1. The van der Waals surface area contributed by atoms with E-state index in [4.69, 9.17) is 22.0 Å². The number of nitrogens with one attached hydrogen (secondary N) is 2. The second-order valence-electron chi connectivity index (χ2n) is 9.87. The fourth-order valence-corrected chi connectivity index (χ4v) is 3.79. The Hall–Kier alpha value is -4.08. The normalized spacial score (nSPS) is 13.6. The molecule has 0 saturated carbocycles. The van der Waals surface area contributed by atoms with E-state index in [2.05, 4.69) is 67.5 Å². The molecule has 0 aliphatic carbocycles. The summed E-state index contributed by atoms with van der Waals surface area (Å²) < 4.78 is 0. The van der Waals surface area contributed by atoms with Crippen LogP contribution in [0.4, 0.5) is 5.69 Å². The van der Waals surface area contributed by atoms with Crippen molar-refractivity contribution in [3.05, 3.63) is 41.7 Å². The van der Waals surface area contributed by atoms with Gasteiger partial charge in [0.05, 0.1) is 0 Å². The van der Waals surface area contributed by atoms with Crippen LogP contribution in [0.25, 0.3) is 0 Å². The molecular formula is C28H46N10O2. The topological polar surface area (TPSA) is 193 Å². The molecule has 40 heavy (non-hydrogen) atoms. The molecule has 0 spiro atoms. The number of unbranched alkanes of at least 4 members (excludes halogenated alkanes) is 1. The molecule has 1 fully saturated rings. The highest BCUT2D eigenvalue weighted by atomic mass is 16.2. The Balaban J connectivity index is 0.00000254. The summed E-state index contributed by atoms with van der Waals surface area (Å²) >= 11 is 0. The summed E-state index contributed by atoms with van der Waals surface area (Å²) in [5.41, 5.74) is 22.5. The molecule has 2 rings (SSSR count). The average molecular weight is 555 g/mol. The van der Waals surface area contributed by atoms with Crippen LogP contribution in [-0.2, 0) is 16.1 Å². The summed E-state index contributed by atoms with van der Waals surface area (Å²) in [6.45, 7) is 10.6. The number of guanidine groups is 1. The summed E-state index contributed by atoms with van der Waals surface area (Å²) in [6, 6.07) is 11.0. The molecule has 1 saturated heterocycles. The van der Waals surface area contributed by atoms with Crippen LogP contribution in [0.2, 0.25) is 0 Å². The predicted octanol–water partition coefficient (Wildman–Crippen LogP) is 0.508. The van der Waals surface area contributed by atoms with Crippen molar-refractivity contribution in [3.8, 4) is 12.0 Å². The molecule has 12 nitrogen and oxygen atoms in total.